The van der Waals surface area contributed by atoms with Crippen LogP contribution in [-0.2, 0) is 27.5 Å². The molecule has 7 heteroatoms. The van der Waals surface area contributed by atoms with Crippen LogP contribution in [0.1, 0.15) is 70.8 Å². The van der Waals surface area contributed by atoms with E-state index >= 15 is 0 Å². The summed E-state index contributed by atoms with van der Waals surface area (Å²) in [6.45, 7) is 5.09. The Hall–Kier alpha value is -3.61. The van der Waals surface area contributed by atoms with E-state index < -0.39 is 0 Å². The number of carbonyl (C=O) groups is 3. The lowest BCUT2D eigenvalue weighted by atomic mass is 9.95. The number of Topliss-reactive ketones (excluding diaryl/α,β-unsaturated/α-hetero) is 1. The van der Waals surface area contributed by atoms with Crippen molar-refractivity contribution >= 4 is 23.7 Å². The topological polar surface area (TPSA) is 85.2 Å². The van der Waals surface area contributed by atoms with Gasteiger partial charge in [-0.15, -0.1) is 5.10 Å². The lowest BCUT2D eigenvalue weighted by Gasteiger charge is -2.29. The molecule has 0 fully saturated rings. The average molecular weight is 501 g/mol. The number of carbonyl (C=O) groups excluding carboxylic acids is 3. The van der Waals surface area contributed by atoms with Gasteiger partial charge in [-0.3, -0.25) is 9.59 Å². The van der Waals surface area contributed by atoms with Gasteiger partial charge in [-0.05, 0) is 43.7 Å². The maximum atomic E-state index is 13.6. The first-order valence-corrected chi connectivity index (χ1v) is 13.4. The molecule has 0 radical (unpaired) electrons. The number of aldehydes is 1. The van der Waals surface area contributed by atoms with Crippen molar-refractivity contribution in [2.75, 3.05) is 4.90 Å². The zero-order valence-electron chi connectivity index (χ0n) is 21.9. The molecule has 1 unspecified atom stereocenters. The van der Waals surface area contributed by atoms with Gasteiger partial charge in [0.1, 0.15) is 17.8 Å². The van der Waals surface area contributed by atoms with Gasteiger partial charge in [0.25, 0.3) is 0 Å². The number of hydrogen-bond donors (Lipinski definition) is 0. The standard InChI is InChI=1S/C30H36N4O3/c1-3-22(2)27(36)17-9-10-18-28(37)33-21-23-13-5-6-14-24(23)29-30(25-15-7-8-16-26(25)33)34(32-31-29)19-11-4-12-20-35/h5-8,13-16,20,22H,3-4,9-12,17-19,21H2,1-2H3. The Morgan fingerprint density at radius 2 is 1.70 bits per heavy atom. The third kappa shape index (κ3) is 6.04. The van der Waals surface area contributed by atoms with Crippen molar-refractivity contribution in [1.29, 1.82) is 0 Å². The SMILES string of the molecule is CCC(C)C(=O)CCCCC(=O)N1Cc2ccccc2-c2nnn(CCCCC=O)c2-c2ccccc21. The number of fused-ring (bicyclic) bond motifs is 5. The van der Waals surface area contributed by atoms with Crippen LogP contribution in [0.4, 0.5) is 5.69 Å². The van der Waals surface area contributed by atoms with E-state index in [0.29, 0.717) is 38.8 Å². The second-order valence-electron chi connectivity index (χ2n) is 9.81. The number of para-hydroxylation sites is 1. The van der Waals surface area contributed by atoms with E-state index in [0.717, 1.165) is 65.7 Å². The molecule has 0 spiro atoms. The molecule has 1 amide bonds. The fourth-order valence-corrected chi connectivity index (χ4v) is 4.87. The summed E-state index contributed by atoms with van der Waals surface area (Å²) in [5.41, 5.74) is 5.47. The highest BCUT2D eigenvalue weighted by Gasteiger charge is 2.28. The van der Waals surface area contributed by atoms with Gasteiger partial charge in [-0.1, -0.05) is 61.5 Å². The maximum absolute atomic E-state index is 13.6. The smallest absolute Gasteiger partial charge is 0.227 e. The molecule has 0 aliphatic carbocycles. The van der Waals surface area contributed by atoms with Crippen LogP contribution in [0.25, 0.3) is 22.5 Å². The minimum atomic E-state index is 0.0479. The van der Waals surface area contributed by atoms with Crippen molar-refractivity contribution in [2.24, 2.45) is 5.92 Å². The van der Waals surface area contributed by atoms with Gasteiger partial charge in [-0.2, -0.15) is 0 Å². The molecule has 1 aromatic heterocycles. The average Bonchev–Trinajstić information content (AvgIpc) is 3.33. The number of hydrogen-bond acceptors (Lipinski definition) is 5. The van der Waals surface area contributed by atoms with E-state index in [-0.39, 0.29) is 17.6 Å². The van der Waals surface area contributed by atoms with Gasteiger partial charge in [0.15, 0.2) is 0 Å². The van der Waals surface area contributed by atoms with E-state index in [1.807, 2.05) is 72.0 Å². The Kier molecular flexibility index (Phi) is 8.99. The third-order valence-corrected chi connectivity index (χ3v) is 7.25. The van der Waals surface area contributed by atoms with Gasteiger partial charge in [0, 0.05) is 42.9 Å². The normalized spacial score (nSPS) is 13.1. The quantitative estimate of drug-likeness (QED) is 0.225. The van der Waals surface area contributed by atoms with E-state index in [1.54, 1.807) is 0 Å². The highest BCUT2D eigenvalue weighted by atomic mass is 16.2. The Morgan fingerprint density at radius 1 is 0.973 bits per heavy atom. The Balaban J connectivity index is 1.64. The van der Waals surface area contributed by atoms with E-state index in [2.05, 4.69) is 10.3 Å². The zero-order valence-corrected chi connectivity index (χ0v) is 21.9. The largest absolute Gasteiger partial charge is 0.307 e. The first kappa shape index (κ1) is 26.5. The molecule has 0 N–H and O–H groups in total. The van der Waals surface area contributed by atoms with Crippen LogP contribution < -0.4 is 4.90 Å². The number of unbranched alkanes of at least 4 members (excludes halogenated alkanes) is 3. The number of nitrogens with zero attached hydrogens (tertiary/aromatic N) is 4. The molecule has 0 saturated heterocycles. The summed E-state index contributed by atoms with van der Waals surface area (Å²) in [4.78, 5) is 38.5. The summed E-state index contributed by atoms with van der Waals surface area (Å²) in [5.74, 6) is 0.410. The van der Waals surface area contributed by atoms with Gasteiger partial charge in [0.05, 0.1) is 17.9 Å². The Labute approximate surface area is 218 Å². The number of anilines is 1. The van der Waals surface area contributed by atoms with Crippen molar-refractivity contribution in [3.05, 3.63) is 54.1 Å². The molecular formula is C30H36N4O3. The van der Waals surface area contributed by atoms with E-state index in [1.165, 1.54) is 0 Å². The molecule has 7 nitrogen and oxygen atoms in total. The number of aryl methyl sites for hydroxylation is 1. The fourth-order valence-electron chi connectivity index (χ4n) is 4.87. The zero-order chi connectivity index (χ0) is 26.2. The summed E-state index contributed by atoms with van der Waals surface area (Å²) >= 11 is 0. The van der Waals surface area contributed by atoms with Crippen molar-refractivity contribution in [3.8, 4) is 22.5 Å². The minimum absolute atomic E-state index is 0.0479. The molecule has 1 atom stereocenters. The number of aromatic nitrogens is 3. The Morgan fingerprint density at radius 3 is 2.49 bits per heavy atom. The second-order valence-corrected chi connectivity index (χ2v) is 9.81. The first-order valence-electron chi connectivity index (χ1n) is 13.4. The van der Waals surface area contributed by atoms with Crippen LogP contribution in [0.5, 0.6) is 0 Å². The van der Waals surface area contributed by atoms with E-state index in [4.69, 9.17) is 0 Å². The number of ketones is 1. The summed E-state index contributed by atoms with van der Waals surface area (Å²) < 4.78 is 1.91. The van der Waals surface area contributed by atoms with Crippen molar-refractivity contribution in [3.63, 3.8) is 0 Å². The lowest BCUT2D eigenvalue weighted by molar-refractivity contribution is -0.123. The van der Waals surface area contributed by atoms with Crippen molar-refractivity contribution in [2.45, 2.75) is 78.3 Å². The first-order chi connectivity index (χ1) is 18.0. The Bertz CT molecular complexity index is 1250. The number of amides is 1. The summed E-state index contributed by atoms with van der Waals surface area (Å²) in [7, 11) is 0. The monoisotopic (exact) mass is 500 g/mol. The van der Waals surface area contributed by atoms with E-state index in [9.17, 15) is 14.4 Å². The van der Waals surface area contributed by atoms with Gasteiger partial charge >= 0.3 is 0 Å². The molecule has 3 aromatic rings. The molecule has 1 aliphatic heterocycles. The predicted octanol–water partition coefficient (Wildman–Crippen LogP) is 6.00. The summed E-state index contributed by atoms with van der Waals surface area (Å²) in [6, 6.07) is 16.0. The molecule has 194 valence electrons. The number of benzene rings is 2. The van der Waals surface area contributed by atoms with Crippen LogP contribution in [0.2, 0.25) is 0 Å². The molecule has 0 bridgehead atoms. The van der Waals surface area contributed by atoms with Crippen LogP contribution in [-0.4, -0.2) is 33.0 Å². The van der Waals surface area contributed by atoms with Gasteiger partial charge in [0.2, 0.25) is 5.91 Å². The van der Waals surface area contributed by atoms with Crippen LogP contribution >= 0.6 is 0 Å². The molecule has 0 saturated carbocycles. The van der Waals surface area contributed by atoms with Crippen LogP contribution in [0, 0.1) is 5.92 Å². The summed E-state index contributed by atoms with van der Waals surface area (Å²) in [5, 5.41) is 9.06. The molecule has 4 rings (SSSR count). The van der Waals surface area contributed by atoms with Crippen LogP contribution in [0.15, 0.2) is 48.5 Å². The fraction of sp³-hybridized carbons (Fsp3) is 0.433. The molecule has 2 aromatic carbocycles. The molecule has 2 heterocycles. The minimum Gasteiger partial charge on any atom is -0.307 e. The molecular weight excluding hydrogens is 464 g/mol. The molecule has 1 aliphatic rings. The highest BCUT2D eigenvalue weighted by molar-refractivity contribution is 6.00. The van der Waals surface area contributed by atoms with Crippen LogP contribution in [0.3, 0.4) is 0 Å². The van der Waals surface area contributed by atoms with Gasteiger partial charge in [-0.25, -0.2) is 4.68 Å². The maximum Gasteiger partial charge on any atom is 0.227 e. The predicted molar refractivity (Wildman–Crippen MR) is 145 cm³/mol. The van der Waals surface area contributed by atoms with Gasteiger partial charge < -0.3 is 9.69 Å². The lowest BCUT2D eigenvalue weighted by Crippen LogP contribution is -2.31. The molecule has 37 heavy (non-hydrogen) atoms. The third-order valence-electron chi connectivity index (χ3n) is 7.25. The highest BCUT2D eigenvalue weighted by Crippen LogP contribution is 2.41. The van der Waals surface area contributed by atoms with Crippen molar-refractivity contribution in [1.82, 2.24) is 15.0 Å². The second kappa shape index (κ2) is 12.6. The summed E-state index contributed by atoms with van der Waals surface area (Å²) in [6.07, 6.45) is 6.26. The van der Waals surface area contributed by atoms with Crippen molar-refractivity contribution < 1.29 is 14.4 Å². The number of rotatable bonds is 12.